The van der Waals surface area contributed by atoms with Crippen molar-refractivity contribution in [3.8, 4) is 5.75 Å². The number of benzene rings is 1. The standard InChI is InChI=1S/C17H22ClNO4/c1-11(2)17(16(21)22)8-9-19(10-17)15(20)12(3)23-14-7-5-4-6-13(14)18/h4-7,11-12H,8-10H2,1-3H3,(H,21,22). The number of hydrogen-bond donors (Lipinski definition) is 1. The van der Waals surface area contributed by atoms with Crippen LogP contribution in [0.15, 0.2) is 24.3 Å². The molecule has 6 heteroatoms. The highest BCUT2D eigenvalue weighted by Crippen LogP contribution is 2.38. The van der Waals surface area contributed by atoms with Crippen LogP contribution < -0.4 is 4.74 Å². The number of carboxylic acid groups (broad SMARTS) is 1. The van der Waals surface area contributed by atoms with Crippen LogP contribution in [0, 0.1) is 11.3 Å². The van der Waals surface area contributed by atoms with Gasteiger partial charge in [0.1, 0.15) is 5.75 Å². The van der Waals surface area contributed by atoms with Crippen molar-refractivity contribution in [2.24, 2.45) is 11.3 Å². The predicted molar refractivity (Wildman–Crippen MR) is 87.6 cm³/mol. The topological polar surface area (TPSA) is 66.8 Å². The van der Waals surface area contributed by atoms with E-state index in [1.54, 1.807) is 36.1 Å². The van der Waals surface area contributed by atoms with Crippen LogP contribution in [0.3, 0.4) is 0 Å². The van der Waals surface area contributed by atoms with Crippen molar-refractivity contribution in [1.82, 2.24) is 4.90 Å². The van der Waals surface area contributed by atoms with Crippen LogP contribution in [0.2, 0.25) is 5.02 Å². The molecule has 2 rings (SSSR count). The third-order valence-electron chi connectivity index (χ3n) is 4.63. The van der Waals surface area contributed by atoms with Crippen molar-refractivity contribution in [2.75, 3.05) is 13.1 Å². The third-order valence-corrected chi connectivity index (χ3v) is 4.94. The number of aliphatic carboxylic acids is 1. The second kappa shape index (κ2) is 6.79. The molecule has 0 aromatic heterocycles. The van der Waals surface area contributed by atoms with E-state index in [1.807, 2.05) is 13.8 Å². The number of nitrogens with zero attached hydrogens (tertiary/aromatic N) is 1. The summed E-state index contributed by atoms with van der Waals surface area (Å²) in [7, 11) is 0. The largest absolute Gasteiger partial charge is 0.481 e. The van der Waals surface area contributed by atoms with E-state index in [0.717, 1.165) is 0 Å². The smallest absolute Gasteiger partial charge is 0.311 e. The number of rotatable bonds is 5. The van der Waals surface area contributed by atoms with Gasteiger partial charge in [-0.2, -0.15) is 0 Å². The zero-order valence-corrected chi connectivity index (χ0v) is 14.3. The molecule has 0 radical (unpaired) electrons. The first-order chi connectivity index (χ1) is 10.8. The Bertz CT molecular complexity index is 604. The summed E-state index contributed by atoms with van der Waals surface area (Å²) in [6.45, 7) is 6.06. The number of halogens is 1. The minimum atomic E-state index is -0.875. The monoisotopic (exact) mass is 339 g/mol. The van der Waals surface area contributed by atoms with Gasteiger partial charge in [0.25, 0.3) is 5.91 Å². The maximum atomic E-state index is 12.6. The lowest BCUT2D eigenvalue weighted by atomic mass is 9.76. The SMILES string of the molecule is CC(Oc1ccccc1Cl)C(=O)N1CCC(C(=O)O)(C(C)C)C1. The van der Waals surface area contributed by atoms with Crippen molar-refractivity contribution in [1.29, 1.82) is 0 Å². The Morgan fingerprint density at radius 1 is 1.30 bits per heavy atom. The van der Waals surface area contributed by atoms with Gasteiger partial charge in [0.05, 0.1) is 10.4 Å². The molecule has 0 spiro atoms. The molecule has 1 aromatic rings. The first-order valence-corrected chi connectivity index (χ1v) is 8.09. The summed E-state index contributed by atoms with van der Waals surface area (Å²) in [6.07, 6.45) is -0.253. The Balaban J connectivity index is 2.07. The Kier molecular flexibility index (Phi) is 5.19. The molecule has 0 bridgehead atoms. The van der Waals surface area contributed by atoms with E-state index < -0.39 is 17.5 Å². The molecule has 0 saturated carbocycles. The van der Waals surface area contributed by atoms with Gasteiger partial charge >= 0.3 is 5.97 Å². The van der Waals surface area contributed by atoms with Crippen molar-refractivity contribution in [2.45, 2.75) is 33.3 Å². The average Bonchev–Trinajstić information content (AvgIpc) is 2.95. The maximum absolute atomic E-state index is 12.6. The molecule has 1 heterocycles. The first kappa shape index (κ1) is 17.6. The quantitative estimate of drug-likeness (QED) is 0.895. The van der Waals surface area contributed by atoms with Gasteiger partial charge in [-0.25, -0.2) is 0 Å². The average molecular weight is 340 g/mol. The second-order valence-electron chi connectivity index (χ2n) is 6.32. The second-order valence-corrected chi connectivity index (χ2v) is 6.72. The zero-order valence-electron chi connectivity index (χ0n) is 13.6. The Morgan fingerprint density at radius 3 is 2.48 bits per heavy atom. The van der Waals surface area contributed by atoms with E-state index in [0.29, 0.717) is 23.7 Å². The van der Waals surface area contributed by atoms with Crippen LogP contribution in [0.4, 0.5) is 0 Å². The number of carboxylic acids is 1. The van der Waals surface area contributed by atoms with Gasteiger partial charge in [-0.3, -0.25) is 9.59 Å². The van der Waals surface area contributed by atoms with Gasteiger partial charge in [0, 0.05) is 13.1 Å². The van der Waals surface area contributed by atoms with Gasteiger partial charge in [0.2, 0.25) is 0 Å². The van der Waals surface area contributed by atoms with Crippen LogP contribution >= 0.6 is 11.6 Å². The molecule has 23 heavy (non-hydrogen) atoms. The van der Waals surface area contributed by atoms with Crippen LogP contribution in [0.25, 0.3) is 0 Å². The fourth-order valence-electron chi connectivity index (χ4n) is 2.95. The Morgan fingerprint density at radius 2 is 1.96 bits per heavy atom. The summed E-state index contributed by atoms with van der Waals surface area (Å²) >= 11 is 6.03. The van der Waals surface area contributed by atoms with Crippen LogP contribution in [-0.2, 0) is 9.59 Å². The highest BCUT2D eigenvalue weighted by atomic mass is 35.5. The number of carbonyl (C=O) groups is 2. The van der Waals surface area contributed by atoms with Gasteiger partial charge in [-0.1, -0.05) is 37.6 Å². The van der Waals surface area contributed by atoms with Gasteiger partial charge < -0.3 is 14.7 Å². The molecule has 2 unspecified atom stereocenters. The minimum Gasteiger partial charge on any atom is -0.481 e. The Hall–Kier alpha value is -1.75. The fourth-order valence-corrected chi connectivity index (χ4v) is 3.13. The normalized spacial score (nSPS) is 22.2. The molecule has 2 atom stereocenters. The minimum absolute atomic E-state index is 0.0439. The summed E-state index contributed by atoms with van der Waals surface area (Å²) < 4.78 is 5.64. The van der Waals surface area contributed by atoms with Crippen LogP contribution in [0.5, 0.6) is 5.75 Å². The molecular formula is C17H22ClNO4. The fraction of sp³-hybridized carbons (Fsp3) is 0.529. The molecule has 5 nitrogen and oxygen atoms in total. The molecule has 1 fully saturated rings. The van der Waals surface area contributed by atoms with Gasteiger partial charge in [0.15, 0.2) is 6.10 Å². The zero-order chi connectivity index (χ0) is 17.2. The molecule has 1 aliphatic heterocycles. The number of amides is 1. The molecular weight excluding hydrogens is 318 g/mol. The third kappa shape index (κ3) is 3.44. The van der Waals surface area contributed by atoms with Crippen LogP contribution in [0.1, 0.15) is 27.2 Å². The van der Waals surface area contributed by atoms with Crippen molar-refractivity contribution in [3.63, 3.8) is 0 Å². The molecule has 1 saturated heterocycles. The summed E-state index contributed by atoms with van der Waals surface area (Å²) in [4.78, 5) is 25.8. The molecule has 1 amide bonds. The van der Waals surface area contributed by atoms with E-state index in [4.69, 9.17) is 16.3 Å². The number of para-hydroxylation sites is 1. The molecule has 126 valence electrons. The number of likely N-dealkylation sites (tertiary alicyclic amines) is 1. The molecule has 0 aliphatic carbocycles. The lowest BCUT2D eigenvalue weighted by molar-refractivity contribution is -0.151. The first-order valence-electron chi connectivity index (χ1n) is 7.71. The lowest BCUT2D eigenvalue weighted by Gasteiger charge is -2.29. The summed E-state index contributed by atoms with van der Waals surface area (Å²) in [5.74, 6) is -0.656. The summed E-state index contributed by atoms with van der Waals surface area (Å²) in [5.41, 5.74) is -0.875. The molecule has 1 N–H and O–H groups in total. The number of carbonyl (C=O) groups excluding carboxylic acids is 1. The predicted octanol–water partition coefficient (Wildman–Crippen LogP) is 3.07. The summed E-state index contributed by atoms with van der Waals surface area (Å²) in [5, 5.41) is 10.00. The van der Waals surface area contributed by atoms with Crippen molar-refractivity contribution < 1.29 is 19.4 Å². The maximum Gasteiger partial charge on any atom is 0.311 e. The Labute approximate surface area is 141 Å². The van der Waals surface area contributed by atoms with Crippen molar-refractivity contribution >= 4 is 23.5 Å². The van der Waals surface area contributed by atoms with Crippen LogP contribution in [-0.4, -0.2) is 41.1 Å². The molecule has 1 aromatic carbocycles. The van der Waals surface area contributed by atoms with Gasteiger partial charge in [-0.15, -0.1) is 0 Å². The number of ether oxygens (including phenoxy) is 1. The van der Waals surface area contributed by atoms with E-state index >= 15 is 0 Å². The molecule has 1 aliphatic rings. The van der Waals surface area contributed by atoms with Crippen molar-refractivity contribution in [3.05, 3.63) is 29.3 Å². The number of hydrogen-bond acceptors (Lipinski definition) is 3. The summed E-state index contributed by atoms with van der Waals surface area (Å²) in [6, 6.07) is 6.96. The highest BCUT2D eigenvalue weighted by molar-refractivity contribution is 6.32. The van der Waals surface area contributed by atoms with E-state index in [9.17, 15) is 14.7 Å². The lowest BCUT2D eigenvalue weighted by Crippen LogP contribution is -2.44. The van der Waals surface area contributed by atoms with E-state index in [1.165, 1.54) is 0 Å². The van der Waals surface area contributed by atoms with E-state index in [2.05, 4.69) is 0 Å². The van der Waals surface area contributed by atoms with Gasteiger partial charge in [-0.05, 0) is 31.4 Å². The highest BCUT2D eigenvalue weighted by Gasteiger charge is 2.49. The van der Waals surface area contributed by atoms with E-state index in [-0.39, 0.29) is 18.4 Å².